The Morgan fingerprint density at radius 2 is 2.09 bits per heavy atom. The summed E-state index contributed by atoms with van der Waals surface area (Å²) in [6.07, 6.45) is 4.71. The predicted octanol–water partition coefficient (Wildman–Crippen LogP) is 3.30. The summed E-state index contributed by atoms with van der Waals surface area (Å²) in [5, 5.41) is 6.45. The van der Waals surface area contributed by atoms with Crippen molar-refractivity contribution in [2.75, 3.05) is 11.9 Å². The molecular formula is C18H17FN2O2. The van der Waals surface area contributed by atoms with Crippen molar-refractivity contribution in [1.82, 2.24) is 0 Å². The lowest BCUT2D eigenvalue weighted by Gasteiger charge is -2.06. The van der Waals surface area contributed by atoms with Crippen LogP contribution in [0.25, 0.3) is 0 Å². The van der Waals surface area contributed by atoms with E-state index in [0.29, 0.717) is 5.56 Å². The predicted molar refractivity (Wildman–Crippen MR) is 87.0 cm³/mol. The fourth-order valence-electron chi connectivity index (χ4n) is 2.63. The van der Waals surface area contributed by atoms with Crippen molar-refractivity contribution in [3.63, 3.8) is 0 Å². The Bertz CT molecular complexity index is 744. The number of carbonyl (C=O) groups is 1. The molecular weight excluding hydrogens is 295 g/mol. The van der Waals surface area contributed by atoms with Crippen molar-refractivity contribution < 1.29 is 14.0 Å². The van der Waals surface area contributed by atoms with Gasteiger partial charge in [-0.05, 0) is 60.2 Å². The maximum absolute atomic E-state index is 13.0. The third kappa shape index (κ3) is 4.16. The van der Waals surface area contributed by atoms with Crippen molar-refractivity contribution in [3.05, 3.63) is 65.0 Å². The maximum atomic E-state index is 13.0. The van der Waals surface area contributed by atoms with Crippen molar-refractivity contribution in [2.24, 2.45) is 5.16 Å². The fraction of sp³-hybridized carbons (Fsp3) is 0.222. The molecule has 0 unspecified atom stereocenters. The van der Waals surface area contributed by atoms with Crippen LogP contribution in [-0.4, -0.2) is 18.7 Å². The van der Waals surface area contributed by atoms with Crippen molar-refractivity contribution in [2.45, 2.75) is 19.3 Å². The first-order valence-electron chi connectivity index (χ1n) is 7.53. The molecule has 0 aliphatic heterocycles. The highest BCUT2D eigenvalue weighted by Crippen LogP contribution is 2.24. The van der Waals surface area contributed by atoms with Crippen LogP contribution in [0.1, 0.15) is 23.1 Å². The Hall–Kier alpha value is -2.69. The average molecular weight is 312 g/mol. The van der Waals surface area contributed by atoms with Gasteiger partial charge >= 0.3 is 0 Å². The molecule has 1 aliphatic rings. The van der Waals surface area contributed by atoms with Crippen molar-refractivity contribution >= 4 is 17.8 Å². The molecule has 0 bridgehead atoms. The minimum atomic E-state index is -0.344. The number of benzene rings is 2. The minimum absolute atomic E-state index is 0.192. The van der Waals surface area contributed by atoms with Crippen molar-refractivity contribution in [3.8, 4) is 0 Å². The van der Waals surface area contributed by atoms with Gasteiger partial charge in [0.15, 0.2) is 6.61 Å². The zero-order valence-corrected chi connectivity index (χ0v) is 12.6. The normalized spacial score (nSPS) is 13.1. The van der Waals surface area contributed by atoms with Crippen LogP contribution >= 0.6 is 0 Å². The second-order valence-electron chi connectivity index (χ2n) is 5.45. The quantitative estimate of drug-likeness (QED) is 0.680. The summed E-state index contributed by atoms with van der Waals surface area (Å²) in [6.45, 7) is -0.192. The average Bonchev–Trinajstić information content (AvgIpc) is 2.99. The third-order valence-electron chi connectivity index (χ3n) is 3.70. The number of amides is 1. The molecule has 3 rings (SSSR count). The third-order valence-corrected chi connectivity index (χ3v) is 3.70. The van der Waals surface area contributed by atoms with Crippen LogP contribution in [0.15, 0.2) is 47.6 Å². The summed E-state index contributed by atoms with van der Waals surface area (Å²) in [4.78, 5) is 16.7. The molecule has 23 heavy (non-hydrogen) atoms. The maximum Gasteiger partial charge on any atom is 0.265 e. The number of carbonyl (C=O) groups excluding carboxylic acids is 1. The van der Waals surface area contributed by atoms with E-state index in [0.717, 1.165) is 18.5 Å². The molecule has 0 spiro atoms. The van der Waals surface area contributed by atoms with Gasteiger partial charge < -0.3 is 10.2 Å². The summed E-state index contributed by atoms with van der Waals surface area (Å²) in [6, 6.07) is 11.9. The van der Waals surface area contributed by atoms with Gasteiger partial charge in [-0.15, -0.1) is 0 Å². The largest absolute Gasteiger partial charge is 0.386 e. The lowest BCUT2D eigenvalue weighted by Crippen LogP contribution is -2.17. The number of fused-ring (bicyclic) bond motifs is 1. The fourth-order valence-corrected chi connectivity index (χ4v) is 2.63. The molecule has 1 aliphatic carbocycles. The number of halogens is 1. The molecule has 0 saturated carbocycles. The summed E-state index contributed by atoms with van der Waals surface area (Å²) in [5.74, 6) is -0.623. The van der Waals surface area contributed by atoms with Crippen LogP contribution in [-0.2, 0) is 22.5 Å². The molecule has 0 aromatic heterocycles. The first kappa shape index (κ1) is 15.2. The molecule has 2 aromatic rings. The van der Waals surface area contributed by atoms with Gasteiger partial charge in [0.05, 0.1) is 6.21 Å². The monoisotopic (exact) mass is 312 g/mol. The van der Waals surface area contributed by atoms with E-state index in [1.165, 1.54) is 35.9 Å². The molecule has 0 radical (unpaired) electrons. The number of hydrogen-bond acceptors (Lipinski definition) is 3. The van der Waals surface area contributed by atoms with Crippen LogP contribution < -0.4 is 5.32 Å². The van der Waals surface area contributed by atoms with Gasteiger partial charge in [0.25, 0.3) is 5.91 Å². The van der Waals surface area contributed by atoms with Gasteiger partial charge in [-0.25, -0.2) is 4.39 Å². The van der Waals surface area contributed by atoms with Crippen LogP contribution in [0.3, 0.4) is 0 Å². The van der Waals surface area contributed by atoms with E-state index in [2.05, 4.69) is 16.5 Å². The standard InChI is InChI=1S/C18H17FN2O2/c19-16-6-1-3-13(9-16)11-20-23-12-18(22)21-17-8-7-14-4-2-5-15(14)10-17/h1,3,6-11H,2,4-5,12H2,(H,21,22)/b20-11-. The minimum Gasteiger partial charge on any atom is -0.386 e. The van der Waals surface area contributed by atoms with E-state index < -0.39 is 0 Å². The molecule has 0 saturated heterocycles. The van der Waals surface area contributed by atoms with Gasteiger partial charge in [0, 0.05) is 5.69 Å². The second-order valence-corrected chi connectivity index (χ2v) is 5.45. The zero-order chi connectivity index (χ0) is 16.1. The number of nitrogens with zero attached hydrogens (tertiary/aromatic N) is 1. The molecule has 2 aromatic carbocycles. The highest BCUT2D eigenvalue weighted by atomic mass is 19.1. The van der Waals surface area contributed by atoms with Gasteiger partial charge in [-0.2, -0.15) is 0 Å². The van der Waals surface area contributed by atoms with Crippen LogP contribution in [0.5, 0.6) is 0 Å². The molecule has 0 atom stereocenters. The smallest absolute Gasteiger partial charge is 0.265 e. The molecule has 4 nitrogen and oxygen atoms in total. The Kier molecular flexibility index (Phi) is 4.66. The van der Waals surface area contributed by atoms with Gasteiger partial charge in [0.1, 0.15) is 5.82 Å². The number of aryl methyl sites for hydroxylation is 2. The van der Waals surface area contributed by atoms with Crippen LogP contribution in [0.2, 0.25) is 0 Å². The zero-order valence-electron chi connectivity index (χ0n) is 12.6. The summed E-state index contributed by atoms with van der Waals surface area (Å²) in [5.41, 5.74) is 4.00. The van der Waals surface area contributed by atoms with Crippen molar-refractivity contribution in [1.29, 1.82) is 0 Å². The highest BCUT2D eigenvalue weighted by molar-refractivity contribution is 5.91. The van der Waals surface area contributed by atoms with E-state index in [-0.39, 0.29) is 18.3 Å². The van der Waals surface area contributed by atoms with E-state index in [1.807, 2.05) is 12.1 Å². The molecule has 1 N–H and O–H groups in total. The molecule has 5 heteroatoms. The highest BCUT2D eigenvalue weighted by Gasteiger charge is 2.11. The first-order chi connectivity index (χ1) is 11.2. The molecule has 1 amide bonds. The Morgan fingerprint density at radius 1 is 1.22 bits per heavy atom. The Labute approximate surface area is 134 Å². The SMILES string of the molecule is O=C(CO/N=C\c1cccc(F)c1)Nc1ccc2c(c1)CCC2. The summed E-state index contributed by atoms with van der Waals surface area (Å²) >= 11 is 0. The number of hydrogen-bond donors (Lipinski definition) is 1. The summed E-state index contributed by atoms with van der Waals surface area (Å²) < 4.78 is 13.0. The number of nitrogens with one attached hydrogen (secondary N) is 1. The van der Waals surface area contributed by atoms with Gasteiger partial charge in [-0.3, -0.25) is 4.79 Å². The Morgan fingerprint density at radius 3 is 2.96 bits per heavy atom. The van der Waals surface area contributed by atoms with Gasteiger partial charge in [-0.1, -0.05) is 23.4 Å². The Balaban J connectivity index is 1.48. The van der Waals surface area contributed by atoms with Crippen LogP contribution in [0.4, 0.5) is 10.1 Å². The first-order valence-corrected chi connectivity index (χ1v) is 7.53. The van der Waals surface area contributed by atoms with E-state index in [9.17, 15) is 9.18 Å². The van der Waals surface area contributed by atoms with E-state index >= 15 is 0 Å². The molecule has 118 valence electrons. The molecule has 0 fully saturated rings. The lowest BCUT2D eigenvalue weighted by molar-refractivity contribution is -0.120. The van der Waals surface area contributed by atoms with Gasteiger partial charge in [0.2, 0.25) is 0 Å². The number of anilines is 1. The van der Waals surface area contributed by atoms with E-state index in [4.69, 9.17) is 4.84 Å². The second kappa shape index (κ2) is 7.05. The summed E-state index contributed by atoms with van der Waals surface area (Å²) in [7, 11) is 0. The lowest BCUT2D eigenvalue weighted by atomic mass is 10.1. The van der Waals surface area contributed by atoms with E-state index in [1.54, 1.807) is 12.1 Å². The number of rotatable bonds is 5. The van der Waals surface area contributed by atoms with Crippen LogP contribution in [0, 0.1) is 5.82 Å². The molecule has 0 heterocycles. The topological polar surface area (TPSA) is 50.7 Å². The number of oxime groups is 1.